The molecule has 0 aromatic heterocycles. The van der Waals surface area contributed by atoms with E-state index in [9.17, 15) is 13.2 Å². The smallest absolute Gasteiger partial charge is 0.383 e. The molecule has 0 spiro atoms. The summed E-state index contributed by atoms with van der Waals surface area (Å²) in [5.41, 5.74) is 0. The van der Waals surface area contributed by atoms with Gasteiger partial charge in [0.15, 0.2) is 5.11 Å². The van der Waals surface area contributed by atoms with Crippen LogP contribution in [0.15, 0.2) is 0 Å². The zero-order valence-corrected chi connectivity index (χ0v) is 9.54. The first kappa shape index (κ1) is 14.4. The van der Waals surface area contributed by atoms with E-state index in [-0.39, 0.29) is 6.54 Å². The third-order valence-electron chi connectivity index (χ3n) is 1.66. The lowest BCUT2D eigenvalue weighted by molar-refractivity contribution is -0.135. The third kappa shape index (κ3) is 8.44. The molecule has 90 valence electrons. The quantitative estimate of drug-likeness (QED) is 0.583. The largest absolute Gasteiger partial charge is 0.390 e. The van der Waals surface area contributed by atoms with Crippen molar-refractivity contribution in [1.29, 1.82) is 0 Å². The lowest BCUT2D eigenvalue weighted by Crippen LogP contribution is -2.40. The van der Waals surface area contributed by atoms with E-state index in [1.54, 1.807) is 0 Å². The molecule has 0 aliphatic heterocycles. The molecule has 0 aliphatic carbocycles. The highest BCUT2D eigenvalue weighted by Crippen LogP contribution is 2.19. The summed E-state index contributed by atoms with van der Waals surface area (Å²) >= 11 is 4.87. The molecule has 0 aliphatic rings. The number of rotatable bonds is 5. The molecule has 0 saturated carbocycles. The standard InChI is InChI=1S/C8H15F3N2OS/c1-13(5-3-8(9,10)11)7(15)12-4-6-14-2/h3-6H2,1-2H3,(H,12,15). The molecule has 0 radical (unpaired) electrons. The zero-order valence-electron chi connectivity index (χ0n) is 8.73. The summed E-state index contributed by atoms with van der Waals surface area (Å²) < 4.78 is 40.4. The van der Waals surface area contributed by atoms with Crippen LogP contribution in [0, 0.1) is 0 Å². The second kappa shape index (κ2) is 6.84. The predicted octanol–water partition coefficient (Wildman–Crippen LogP) is 1.39. The Kier molecular flexibility index (Phi) is 6.58. The van der Waals surface area contributed by atoms with Crippen molar-refractivity contribution in [1.82, 2.24) is 10.2 Å². The van der Waals surface area contributed by atoms with Crippen molar-refractivity contribution in [3.05, 3.63) is 0 Å². The summed E-state index contributed by atoms with van der Waals surface area (Å²) in [5.74, 6) is 0. The second-order valence-corrected chi connectivity index (χ2v) is 3.40. The van der Waals surface area contributed by atoms with Crippen molar-refractivity contribution < 1.29 is 17.9 Å². The van der Waals surface area contributed by atoms with Gasteiger partial charge >= 0.3 is 6.18 Å². The van der Waals surface area contributed by atoms with E-state index in [1.807, 2.05) is 0 Å². The molecule has 0 aromatic carbocycles. The van der Waals surface area contributed by atoms with Crippen LogP contribution in [0.2, 0.25) is 0 Å². The normalized spacial score (nSPS) is 11.3. The van der Waals surface area contributed by atoms with E-state index >= 15 is 0 Å². The molecule has 0 saturated heterocycles. The van der Waals surface area contributed by atoms with Gasteiger partial charge in [0.05, 0.1) is 13.0 Å². The predicted molar refractivity (Wildman–Crippen MR) is 55.8 cm³/mol. The Morgan fingerprint density at radius 3 is 2.53 bits per heavy atom. The number of alkyl halides is 3. The minimum atomic E-state index is -4.14. The molecule has 0 fully saturated rings. The summed E-state index contributed by atoms with van der Waals surface area (Å²) in [5, 5.41) is 3.09. The summed E-state index contributed by atoms with van der Waals surface area (Å²) in [6.45, 7) is 0.821. The van der Waals surface area contributed by atoms with Crippen LogP contribution in [-0.4, -0.2) is 50.0 Å². The number of ether oxygens (including phenoxy) is 1. The number of nitrogens with one attached hydrogen (secondary N) is 1. The first-order valence-electron chi connectivity index (χ1n) is 4.41. The minimum absolute atomic E-state index is 0.137. The molecule has 3 nitrogen and oxygen atoms in total. The molecule has 15 heavy (non-hydrogen) atoms. The van der Waals surface area contributed by atoms with Gasteiger partial charge in [0, 0.05) is 27.2 Å². The molecule has 7 heteroatoms. The topological polar surface area (TPSA) is 24.5 Å². The molecule has 0 amide bonds. The van der Waals surface area contributed by atoms with E-state index in [1.165, 1.54) is 19.1 Å². The molecule has 0 atom stereocenters. The first-order chi connectivity index (χ1) is 6.87. The van der Waals surface area contributed by atoms with E-state index in [2.05, 4.69) is 5.32 Å². The summed E-state index contributed by atoms with van der Waals surface area (Å²) in [7, 11) is 3.06. The van der Waals surface area contributed by atoms with Gasteiger partial charge in [0.1, 0.15) is 0 Å². The number of hydrogen-bond acceptors (Lipinski definition) is 2. The molecule has 1 N–H and O–H groups in total. The maximum absolute atomic E-state index is 11.9. The fraction of sp³-hybridized carbons (Fsp3) is 0.875. The van der Waals surface area contributed by atoms with Crippen molar-refractivity contribution in [2.24, 2.45) is 0 Å². The van der Waals surface area contributed by atoms with E-state index in [4.69, 9.17) is 17.0 Å². The van der Waals surface area contributed by atoms with Crippen molar-refractivity contribution >= 4 is 17.3 Å². The summed E-state index contributed by atoms with van der Waals surface area (Å²) in [6.07, 6.45) is -5.01. The van der Waals surface area contributed by atoms with Gasteiger partial charge in [-0.2, -0.15) is 13.2 Å². The summed E-state index contributed by atoms with van der Waals surface area (Å²) in [4.78, 5) is 1.36. The highest BCUT2D eigenvalue weighted by Gasteiger charge is 2.27. The number of halogens is 3. The van der Waals surface area contributed by atoms with Gasteiger partial charge in [0.25, 0.3) is 0 Å². The van der Waals surface area contributed by atoms with Crippen molar-refractivity contribution in [3.63, 3.8) is 0 Å². The molecule has 0 heterocycles. The van der Waals surface area contributed by atoms with Crippen LogP contribution in [0.1, 0.15) is 6.42 Å². The van der Waals surface area contributed by atoms with Crippen molar-refractivity contribution in [3.8, 4) is 0 Å². The van der Waals surface area contributed by atoms with Crippen LogP contribution in [-0.2, 0) is 4.74 Å². The van der Waals surface area contributed by atoms with Crippen LogP contribution in [0.3, 0.4) is 0 Å². The maximum atomic E-state index is 11.9. The molecule has 0 unspecified atom stereocenters. The van der Waals surface area contributed by atoms with E-state index in [0.29, 0.717) is 18.3 Å². The lowest BCUT2D eigenvalue weighted by Gasteiger charge is -2.21. The van der Waals surface area contributed by atoms with Crippen LogP contribution >= 0.6 is 12.2 Å². The maximum Gasteiger partial charge on any atom is 0.390 e. The fourth-order valence-corrected chi connectivity index (χ4v) is 0.984. The zero-order chi connectivity index (χ0) is 11.9. The second-order valence-electron chi connectivity index (χ2n) is 3.01. The van der Waals surface area contributed by atoms with Gasteiger partial charge in [-0.05, 0) is 12.2 Å². The Labute approximate surface area is 92.6 Å². The average Bonchev–Trinajstić information content (AvgIpc) is 2.13. The Hall–Kier alpha value is -0.560. The fourth-order valence-electron chi connectivity index (χ4n) is 0.791. The first-order valence-corrected chi connectivity index (χ1v) is 4.82. The lowest BCUT2D eigenvalue weighted by atomic mass is 10.4. The van der Waals surface area contributed by atoms with Gasteiger partial charge in [-0.3, -0.25) is 0 Å². The minimum Gasteiger partial charge on any atom is -0.383 e. The molecule has 0 aromatic rings. The van der Waals surface area contributed by atoms with Crippen molar-refractivity contribution in [2.45, 2.75) is 12.6 Å². The van der Waals surface area contributed by atoms with Gasteiger partial charge in [-0.1, -0.05) is 0 Å². The molecule has 0 bridgehead atoms. The Bertz CT molecular complexity index is 199. The number of hydrogen-bond donors (Lipinski definition) is 1. The highest BCUT2D eigenvalue weighted by molar-refractivity contribution is 7.80. The monoisotopic (exact) mass is 244 g/mol. The van der Waals surface area contributed by atoms with Crippen LogP contribution in [0.5, 0.6) is 0 Å². The van der Waals surface area contributed by atoms with Gasteiger partial charge < -0.3 is 15.0 Å². The Morgan fingerprint density at radius 2 is 2.07 bits per heavy atom. The Morgan fingerprint density at radius 1 is 1.47 bits per heavy atom. The van der Waals surface area contributed by atoms with Crippen molar-refractivity contribution in [2.75, 3.05) is 33.9 Å². The van der Waals surface area contributed by atoms with Crippen LogP contribution in [0.25, 0.3) is 0 Å². The highest BCUT2D eigenvalue weighted by atomic mass is 32.1. The van der Waals surface area contributed by atoms with E-state index < -0.39 is 12.6 Å². The average molecular weight is 244 g/mol. The third-order valence-corrected chi connectivity index (χ3v) is 2.12. The number of nitrogens with zero attached hydrogens (tertiary/aromatic N) is 1. The summed E-state index contributed by atoms with van der Waals surface area (Å²) in [6, 6.07) is 0. The van der Waals surface area contributed by atoms with Gasteiger partial charge in [0.2, 0.25) is 0 Å². The SMILES string of the molecule is COCCNC(=S)N(C)CCC(F)(F)F. The van der Waals surface area contributed by atoms with Gasteiger partial charge in [-0.25, -0.2) is 0 Å². The number of thiocarbonyl (C=S) groups is 1. The number of methoxy groups -OCH3 is 1. The molecule has 0 rings (SSSR count). The van der Waals surface area contributed by atoms with E-state index in [0.717, 1.165) is 0 Å². The Balaban J connectivity index is 3.70. The van der Waals surface area contributed by atoms with Crippen LogP contribution in [0.4, 0.5) is 13.2 Å². The van der Waals surface area contributed by atoms with Gasteiger partial charge in [-0.15, -0.1) is 0 Å². The molecular formula is C8H15F3N2OS. The molecular weight excluding hydrogens is 229 g/mol. The van der Waals surface area contributed by atoms with Crippen LogP contribution < -0.4 is 5.32 Å².